The van der Waals surface area contributed by atoms with Gasteiger partial charge in [0.25, 0.3) is 0 Å². The molecule has 0 unspecified atom stereocenters. The van der Waals surface area contributed by atoms with Crippen LogP contribution in [0.4, 0.5) is 15.0 Å². The highest BCUT2D eigenvalue weighted by molar-refractivity contribution is 9.10. The Hall–Kier alpha value is -1.74. The largest absolute Gasteiger partial charge is 0.444 e. The van der Waals surface area contributed by atoms with Gasteiger partial charge in [-0.15, -0.1) is 0 Å². The molecule has 1 saturated heterocycles. The van der Waals surface area contributed by atoms with E-state index in [0.717, 1.165) is 4.90 Å². The summed E-state index contributed by atoms with van der Waals surface area (Å²) in [6, 6.07) is 2.65. The van der Waals surface area contributed by atoms with Gasteiger partial charge >= 0.3 is 6.09 Å². The summed E-state index contributed by atoms with van der Waals surface area (Å²) < 4.78 is 19.8. The van der Waals surface area contributed by atoms with Gasteiger partial charge in [-0.05, 0) is 48.8 Å². The van der Waals surface area contributed by atoms with Gasteiger partial charge in [-0.25, -0.2) is 14.2 Å². The molecule has 2 rings (SSSR count). The maximum Gasteiger partial charge on any atom is 0.411 e. The van der Waals surface area contributed by atoms with Crippen molar-refractivity contribution in [1.82, 2.24) is 9.88 Å². The number of ether oxygens (including phenoxy) is 1. The second kappa shape index (κ2) is 7.02. The third kappa shape index (κ3) is 4.41. The van der Waals surface area contributed by atoms with Crippen molar-refractivity contribution in [3.05, 3.63) is 22.8 Å². The number of hydrogen-bond donors (Lipinski definition) is 2. The average Bonchev–Trinajstić information content (AvgIpc) is 2.73. The van der Waals surface area contributed by atoms with Crippen molar-refractivity contribution in [1.29, 1.82) is 0 Å². The van der Waals surface area contributed by atoms with Crippen LogP contribution in [-0.2, 0) is 9.53 Å². The van der Waals surface area contributed by atoms with E-state index in [4.69, 9.17) is 10.5 Å². The first-order valence-electron chi connectivity index (χ1n) is 7.41. The quantitative estimate of drug-likeness (QED) is 0.737. The fourth-order valence-electron chi connectivity index (χ4n) is 2.33. The van der Waals surface area contributed by atoms with E-state index >= 15 is 0 Å². The number of hydrogen-bond acceptors (Lipinski definition) is 5. The van der Waals surface area contributed by atoms with E-state index in [0.29, 0.717) is 4.60 Å². The van der Waals surface area contributed by atoms with Gasteiger partial charge in [-0.3, -0.25) is 9.69 Å². The van der Waals surface area contributed by atoms with Crippen LogP contribution in [0.25, 0.3) is 0 Å². The summed E-state index contributed by atoms with van der Waals surface area (Å²) in [6.45, 7) is 4.77. The number of halogens is 2. The predicted molar refractivity (Wildman–Crippen MR) is 90.2 cm³/mol. The molecule has 1 fully saturated rings. The molecule has 9 heteroatoms. The molecule has 24 heavy (non-hydrogen) atoms. The van der Waals surface area contributed by atoms with E-state index in [2.05, 4.69) is 26.2 Å². The molecule has 0 saturated carbocycles. The summed E-state index contributed by atoms with van der Waals surface area (Å²) in [6.07, 6.45) is -2.29. The van der Waals surface area contributed by atoms with Crippen LogP contribution in [0.1, 0.15) is 20.8 Å². The lowest BCUT2D eigenvalue weighted by Gasteiger charge is -2.28. The van der Waals surface area contributed by atoms with Crippen molar-refractivity contribution < 1.29 is 18.7 Å². The normalized spacial score (nSPS) is 23.9. The van der Waals surface area contributed by atoms with Gasteiger partial charge in [-0.2, -0.15) is 0 Å². The lowest BCUT2D eigenvalue weighted by atomic mass is 10.1. The van der Waals surface area contributed by atoms with Crippen LogP contribution < -0.4 is 11.1 Å². The van der Waals surface area contributed by atoms with Gasteiger partial charge in [0.2, 0.25) is 5.91 Å². The molecule has 3 atom stereocenters. The number of rotatable bonds is 2. The summed E-state index contributed by atoms with van der Waals surface area (Å²) in [5, 5.41) is 2.55. The summed E-state index contributed by atoms with van der Waals surface area (Å²) in [5.74, 6) is -0.341. The molecule has 1 aromatic rings. The van der Waals surface area contributed by atoms with E-state index in [-0.39, 0.29) is 12.4 Å². The number of aromatic nitrogens is 1. The van der Waals surface area contributed by atoms with E-state index < -0.39 is 35.9 Å². The Bertz CT molecular complexity index is 637. The van der Waals surface area contributed by atoms with E-state index in [9.17, 15) is 14.0 Å². The first kappa shape index (κ1) is 18.6. The molecule has 7 nitrogen and oxygen atoms in total. The Morgan fingerprint density at radius 2 is 2.12 bits per heavy atom. The summed E-state index contributed by atoms with van der Waals surface area (Å²) in [7, 11) is 0. The highest BCUT2D eigenvalue weighted by Gasteiger charge is 2.47. The second-order valence-electron chi connectivity index (χ2n) is 6.51. The van der Waals surface area contributed by atoms with E-state index in [1.165, 1.54) is 0 Å². The van der Waals surface area contributed by atoms with Crippen molar-refractivity contribution in [3.8, 4) is 0 Å². The van der Waals surface area contributed by atoms with Crippen LogP contribution >= 0.6 is 15.9 Å². The number of likely N-dealkylation sites (tertiary alicyclic amines) is 1. The molecular weight excluding hydrogens is 383 g/mol. The Kier molecular flexibility index (Phi) is 5.44. The fraction of sp³-hybridized carbons (Fsp3) is 0.533. The summed E-state index contributed by atoms with van der Waals surface area (Å²) in [4.78, 5) is 29.8. The Labute approximate surface area is 147 Å². The number of alkyl halides is 1. The van der Waals surface area contributed by atoms with Crippen LogP contribution in [-0.4, -0.2) is 52.3 Å². The van der Waals surface area contributed by atoms with Gasteiger partial charge < -0.3 is 15.8 Å². The van der Waals surface area contributed by atoms with Crippen molar-refractivity contribution in [2.75, 3.05) is 11.9 Å². The topological polar surface area (TPSA) is 97.5 Å². The highest BCUT2D eigenvalue weighted by atomic mass is 79.9. The second-order valence-corrected chi connectivity index (χ2v) is 7.32. The van der Waals surface area contributed by atoms with Crippen LogP contribution in [0.2, 0.25) is 0 Å². The first-order chi connectivity index (χ1) is 11.1. The van der Waals surface area contributed by atoms with Gasteiger partial charge in [0, 0.05) is 0 Å². The van der Waals surface area contributed by atoms with Crippen molar-refractivity contribution in [3.63, 3.8) is 0 Å². The smallest absolute Gasteiger partial charge is 0.411 e. The summed E-state index contributed by atoms with van der Waals surface area (Å²) in [5.41, 5.74) is 5.02. The molecule has 0 bridgehead atoms. The van der Waals surface area contributed by atoms with Crippen LogP contribution in [0, 0.1) is 0 Å². The molecule has 132 valence electrons. The third-order valence-corrected chi connectivity index (χ3v) is 3.79. The molecule has 0 aliphatic carbocycles. The lowest BCUT2D eigenvalue weighted by molar-refractivity contribution is -0.120. The molecule has 0 radical (unpaired) electrons. The summed E-state index contributed by atoms with van der Waals surface area (Å²) >= 11 is 3.19. The zero-order valence-electron chi connectivity index (χ0n) is 13.6. The van der Waals surface area contributed by atoms with Crippen LogP contribution in [0.15, 0.2) is 22.8 Å². The number of carbonyl (C=O) groups is 2. The highest BCUT2D eigenvalue weighted by Crippen LogP contribution is 2.24. The number of anilines is 1. The minimum Gasteiger partial charge on any atom is -0.444 e. The molecule has 0 spiro atoms. The molecule has 2 heterocycles. The SMILES string of the molecule is CC(C)(C)OC(=O)N1C[C@H](F)[C@@H](N)[C@H]1C(=O)Nc1cccc(Br)n1. The Balaban J connectivity index is 2.17. The fourth-order valence-corrected chi connectivity index (χ4v) is 2.68. The Morgan fingerprint density at radius 1 is 1.46 bits per heavy atom. The number of nitrogens with one attached hydrogen (secondary N) is 1. The number of pyridine rings is 1. The monoisotopic (exact) mass is 402 g/mol. The molecule has 3 N–H and O–H groups in total. The first-order valence-corrected chi connectivity index (χ1v) is 8.20. The van der Waals surface area contributed by atoms with Gasteiger partial charge in [-0.1, -0.05) is 6.07 Å². The van der Waals surface area contributed by atoms with Crippen molar-refractivity contribution in [2.45, 2.75) is 44.6 Å². The predicted octanol–water partition coefficient (Wildman–Crippen LogP) is 2.07. The van der Waals surface area contributed by atoms with Gasteiger partial charge in [0.15, 0.2) is 0 Å². The number of amides is 2. The minimum absolute atomic E-state index is 0.271. The maximum atomic E-state index is 14.0. The number of carbonyl (C=O) groups excluding carboxylic acids is 2. The third-order valence-electron chi connectivity index (χ3n) is 3.35. The molecule has 2 amide bonds. The maximum absolute atomic E-state index is 14.0. The van der Waals surface area contributed by atoms with Crippen LogP contribution in [0.3, 0.4) is 0 Å². The molecule has 1 aliphatic heterocycles. The Morgan fingerprint density at radius 3 is 2.71 bits per heavy atom. The van der Waals surface area contributed by atoms with Gasteiger partial charge in [0.05, 0.1) is 12.6 Å². The van der Waals surface area contributed by atoms with E-state index in [1.807, 2.05) is 0 Å². The zero-order valence-corrected chi connectivity index (χ0v) is 15.2. The molecule has 0 aromatic carbocycles. The number of nitrogens with zero attached hydrogens (tertiary/aromatic N) is 2. The molecular formula is C15H20BrFN4O3. The van der Waals surface area contributed by atoms with Crippen molar-refractivity contribution >= 4 is 33.7 Å². The zero-order chi connectivity index (χ0) is 18.1. The number of nitrogens with two attached hydrogens (primary N) is 1. The van der Waals surface area contributed by atoms with Crippen LogP contribution in [0.5, 0.6) is 0 Å². The van der Waals surface area contributed by atoms with Gasteiger partial charge in [0.1, 0.15) is 28.2 Å². The minimum atomic E-state index is -1.51. The van der Waals surface area contributed by atoms with E-state index in [1.54, 1.807) is 39.0 Å². The van der Waals surface area contributed by atoms with Crippen molar-refractivity contribution in [2.24, 2.45) is 5.73 Å². The molecule has 1 aromatic heterocycles. The molecule has 1 aliphatic rings. The standard InChI is InChI=1S/C15H20BrFN4O3/c1-15(2,3)24-14(23)21-7-8(17)11(18)12(21)13(22)20-10-6-4-5-9(16)19-10/h4-6,8,11-12H,7,18H2,1-3H3,(H,19,20,22)/t8-,11+,12-/m0/s1. The lowest BCUT2D eigenvalue weighted by Crippen LogP contribution is -2.52. The average molecular weight is 403 g/mol.